The SMILES string of the molecule is CN(C)c1cccc(C=O)c1.Cc1ccc(C2(O)OC(=O)C(c3ccc4nsnc4c3)=C2Cc2cccc(N(C)C)c2)cc1. The average Bonchev–Trinajstić information content (AvgIpc) is 3.59. The molecule has 224 valence electrons. The number of aromatic nitrogens is 2. The zero-order chi connectivity index (χ0) is 31.4. The smallest absolute Gasteiger partial charge is 0.342 e. The Hall–Kier alpha value is -4.86. The van der Waals surface area contributed by atoms with Crippen LogP contribution in [-0.2, 0) is 21.7 Å². The highest BCUT2D eigenvalue weighted by Gasteiger charge is 2.48. The fourth-order valence-corrected chi connectivity index (χ4v) is 5.53. The van der Waals surface area contributed by atoms with Crippen molar-refractivity contribution in [3.8, 4) is 0 Å². The highest BCUT2D eigenvalue weighted by Crippen LogP contribution is 2.45. The Morgan fingerprint density at radius 2 is 1.50 bits per heavy atom. The Morgan fingerprint density at radius 1 is 0.841 bits per heavy atom. The Balaban J connectivity index is 0.000000296. The molecule has 1 aliphatic heterocycles. The lowest BCUT2D eigenvalue weighted by molar-refractivity contribution is -0.185. The van der Waals surface area contributed by atoms with E-state index >= 15 is 0 Å². The predicted octanol–water partition coefficient (Wildman–Crippen LogP) is 6.03. The van der Waals surface area contributed by atoms with Crippen molar-refractivity contribution in [3.63, 3.8) is 0 Å². The second-order valence-electron chi connectivity index (χ2n) is 11.1. The van der Waals surface area contributed by atoms with Crippen molar-refractivity contribution < 1.29 is 19.4 Å². The van der Waals surface area contributed by atoms with Gasteiger partial charge in [-0.05, 0) is 54.4 Å². The average molecular weight is 607 g/mol. The molecule has 9 heteroatoms. The van der Waals surface area contributed by atoms with Gasteiger partial charge in [0.15, 0.2) is 0 Å². The lowest BCUT2D eigenvalue weighted by atomic mass is 9.87. The number of nitrogens with zero attached hydrogens (tertiary/aromatic N) is 4. The lowest BCUT2D eigenvalue weighted by Gasteiger charge is -2.26. The highest BCUT2D eigenvalue weighted by atomic mass is 32.1. The van der Waals surface area contributed by atoms with Gasteiger partial charge in [0, 0.05) is 62.7 Å². The fourth-order valence-electron chi connectivity index (χ4n) is 5.01. The van der Waals surface area contributed by atoms with E-state index in [2.05, 4.69) is 14.8 Å². The summed E-state index contributed by atoms with van der Waals surface area (Å²) in [4.78, 5) is 27.5. The lowest BCUT2D eigenvalue weighted by Crippen LogP contribution is -2.29. The van der Waals surface area contributed by atoms with Gasteiger partial charge in [0.25, 0.3) is 5.79 Å². The number of aryl methyl sites for hydroxylation is 1. The van der Waals surface area contributed by atoms with Gasteiger partial charge >= 0.3 is 5.97 Å². The Morgan fingerprint density at radius 3 is 2.18 bits per heavy atom. The van der Waals surface area contributed by atoms with Gasteiger partial charge in [0.1, 0.15) is 17.3 Å². The highest BCUT2D eigenvalue weighted by molar-refractivity contribution is 7.00. The number of hydrogen-bond donors (Lipinski definition) is 1. The standard InChI is InChI=1S/C26H23N3O3S.C9H11NO/c1-16-7-10-19(11-8-16)26(31)21(14-17-5-4-6-20(13-17)29(2)3)24(25(30)32-26)18-9-12-22-23(15-18)28-33-27-22;1-10(2)9-5-3-4-8(6-9)7-11/h4-13,15,31H,14H2,1-3H3;3-7H,1-2H3. The molecule has 0 fully saturated rings. The number of benzene rings is 4. The third-order valence-electron chi connectivity index (χ3n) is 7.47. The molecule has 0 spiro atoms. The minimum atomic E-state index is -1.86. The summed E-state index contributed by atoms with van der Waals surface area (Å²) in [5, 5.41) is 11.8. The maximum Gasteiger partial charge on any atom is 0.342 e. The van der Waals surface area contributed by atoms with Gasteiger partial charge in [0.05, 0.1) is 17.3 Å². The van der Waals surface area contributed by atoms with Crippen molar-refractivity contribution in [2.45, 2.75) is 19.1 Å². The summed E-state index contributed by atoms with van der Waals surface area (Å²) in [6, 6.07) is 28.4. The number of carbonyl (C=O) groups excluding carboxylic acids is 2. The van der Waals surface area contributed by atoms with Crippen LogP contribution >= 0.6 is 11.7 Å². The molecule has 0 saturated heterocycles. The van der Waals surface area contributed by atoms with Crippen LogP contribution in [0.2, 0.25) is 0 Å². The number of anilines is 2. The van der Waals surface area contributed by atoms with Gasteiger partial charge in [0.2, 0.25) is 0 Å². The van der Waals surface area contributed by atoms with E-state index in [0.717, 1.165) is 51.6 Å². The molecule has 1 N–H and O–H groups in total. The van der Waals surface area contributed by atoms with E-state index in [-0.39, 0.29) is 0 Å². The van der Waals surface area contributed by atoms with Crippen molar-refractivity contribution in [1.29, 1.82) is 0 Å². The molecule has 0 amide bonds. The molecule has 2 heterocycles. The first-order valence-electron chi connectivity index (χ1n) is 14.1. The molecule has 0 bridgehead atoms. The van der Waals surface area contributed by atoms with Gasteiger partial charge in [-0.1, -0.05) is 60.2 Å². The first-order chi connectivity index (χ1) is 21.1. The summed E-state index contributed by atoms with van der Waals surface area (Å²) in [7, 11) is 7.85. The van der Waals surface area contributed by atoms with Crippen LogP contribution in [0.3, 0.4) is 0 Å². The molecule has 6 rings (SSSR count). The molecule has 0 radical (unpaired) electrons. The van der Waals surface area contributed by atoms with Crippen LogP contribution in [0.5, 0.6) is 0 Å². The van der Waals surface area contributed by atoms with Crippen LogP contribution in [0.1, 0.15) is 32.6 Å². The molecule has 1 atom stereocenters. The van der Waals surface area contributed by atoms with Gasteiger partial charge in [-0.25, -0.2) is 4.79 Å². The molecular weight excluding hydrogens is 572 g/mol. The molecule has 0 saturated carbocycles. The summed E-state index contributed by atoms with van der Waals surface area (Å²) < 4.78 is 14.3. The maximum atomic E-state index is 13.2. The number of cyclic esters (lactones) is 1. The predicted molar refractivity (Wildman–Crippen MR) is 176 cm³/mol. The van der Waals surface area contributed by atoms with E-state index in [1.807, 2.05) is 112 Å². The van der Waals surface area contributed by atoms with Gasteiger partial charge < -0.3 is 19.6 Å². The number of aliphatic hydroxyl groups is 1. The number of ether oxygens (including phenoxy) is 1. The summed E-state index contributed by atoms with van der Waals surface area (Å²) in [6.45, 7) is 1.97. The van der Waals surface area contributed by atoms with Gasteiger partial charge in [-0.2, -0.15) is 8.75 Å². The van der Waals surface area contributed by atoms with Crippen LogP contribution in [0, 0.1) is 6.92 Å². The molecule has 5 aromatic rings. The summed E-state index contributed by atoms with van der Waals surface area (Å²) in [6.07, 6.45) is 1.20. The molecule has 4 aromatic carbocycles. The van der Waals surface area contributed by atoms with E-state index in [0.29, 0.717) is 34.2 Å². The first-order valence-corrected chi connectivity index (χ1v) is 14.8. The molecular formula is C35H34N4O4S. The van der Waals surface area contributed by atoms with E-state index in [1.165, 1.54) is 0 Å². The topological polar surface area (TPSA) is 95.9 Å². The molecule has 1 aromatic heterocycles. The van der Waals surface area contributed by atoms with Crippen molar-refractivity contribution >= 4 is 52.0 Å². The monoisotopic (exact) mass is 606 g/mol. The second kappa shape index (κ2) is 12.8. The van der Waals surface area contributed by atoms with Crippen LogP contribution in [-0.4, -0.2) is 54.3 Å². The molecule has 0 aliphatic carbocycles. The number of rotatable bonds is 7. The zero-order valence-corrected chi connectivity index (χ0v) is 26.1. The normalized spacial score (nSPS) is 15.9. The second-order valence-corrected chi connectivity index (χ2v) is 11.6. The minimum Gasteiger partial charge on any atom is -0.421 e. The number of fused-ring (bicyclic) bond motifs is 1. The van der Waals surface area contributed by atoms with Crippen molar-refractivity contribution in [1.82, 2.24) is 8.75 Å². The first kappa shape index (κ1) is 30.6. The number of hydrogen-bond acceptors (Lipinski definition) is 9. The fraction of sp³-hybridized carbons (Fsp3) is 0.200. The summed E-state index contributed by atoms with van der Waals surface area (Å²) >= 11 is 1.12. The maximum absolute atomic E-state index is 13.2. The van der Waals surface area contributed by atoms with Crippen LogP contribution in [0.4, 0.5) is 11.4 Å². The van der Waals surface area contributed by atoms with E-state index in [4.69, 9.17) is 4.74 Å². The van der Waals surface area contributed by atoms with Crippen molar-refractivity contribution in [2.24, 2.45) is 0 Å². The van der Waals surface area contributed by atoms with Crippen molar-refractivity contribution in [3.05, 3.63) is 124 Å². The van der Waals surface area contributed by atoms with Gasteiger partial charge in [-0.3, -0.25) is 4.79 Å². The van der Waals surface area contributed by atoms with Crippen LogP contribution < -0.4 is 9.80 Å². The Bertz CT molecular complexity index is 1850. The van der Waals surface area contributed by atoms with E-state index in [1.54, 1.807) is 18.2 Å². The number of aldehydes is 1. The molecule has 44 heavy (non-hydrogen) atoms. The molecule has 8 nitrogen and oxygen atoms in total. The largest absolute Gasteiger partial charge is 0.421 e. The van der Waals surface area contributed by atoms with Crippen LogP contribution in [0.25, 0.3) is 16.6 Å². The summed E-state index contributed by atoms with van der Waals surface area (Å²) in [5.74, 6) is -2.41. The zero-order valence-electron chi connectivity index (χ0n) is 25.3. The van der Waals surface area contributed by atoms with E-state index < -0.39 is 11.8 Å². The number of carbonyl (C=O) groups is 2. The number of esters is 1. The quantitative estimate of drug-likeness (QED) is 0.177. The van der Waals surface area contributed by atoms with Crippen molar-refractivity contribution in [2.75, 3.05) is 38.0 Å². The Labute approximate surface area is 261 Å². The summed E-state index contributed by atoms with van der Waals surface area (Å²) in [5.41, 5.74) is 8.35. The minimum absolute atomic E-state index is 0.348. The third-order valence-corrected chi connectivity index (χ3v) is 8.03. The third kappa shape index (κ3) is 6.39. The molecule has 1 unspecified atom stereocenters. The van der Waals surface area contributed by atoms with E-state index in [9.17, 15) is 14.7 Å². The van der Waals surface area contributed by atoms with Crippen LogP contribution in [0.15, 0.2) is 96.6 Å². The molecule has 1 aliphatic rings. The van der Waals surface area contributed by atoms with Gasteiger partial charge in [-0.15, -0.1) is 0 Å². The Kier molecular flexibility index (Phi) is 8.89.